The maximum Gasteiger partial charge on any atom is 0.254 e. The van der Waals surface area contributed by atoms with Crippen LogP contribution in [-0.4, -0.2) is 35.3 Å². The second kappa shape index (κ2) is 5.79. The largest absolute Gasteiger partial charge is 0.310 e. The molecule has 1 N–H and O–H groups in total. The summed E-state index contributed by atoms with van der Waals surface area (Å²) in [4.78, 5) is 20.6. The molecular weight excluding hydrogens is 294 g/mol. The van der Waals surface area contributed by atoms with Crippen molar-refractivity contribution in [2.24, 2.45) is 7.05 Å². The fourth-order valence-corrected chi connectivity index (χ4v) is 2.64. The number of anilines is 1. The van der Waals surface area contributed by atoms with E-state index in [9.17, 15) is 4.79 Å². The maximum absolute atomic E-state index is 12.3. The van der Waals surface area contributed by atoms with Gasteiger partial charge in [0.05, 0.1) is 5.69 Å². The van der Waals surface area contributed by atoms with Gasteiger partial charge in [0.25, 0.3) is 5.78 Å². The summed E-state index contributed by atoms with van der Waals surface area (Å²) in [5.41, 5.74) is 3.96. The van der Waals surface area contributed by atoms with Crippen LogP contribution >= 0.6 is 0 Å². The summed E-state index contributed by atoms with van der Waals surface area (Å²) in [6, 6.07) is 1.78. The molecule has 3 rings (SSSR count). The van der Waals surface area contributed by atoms with Crippen LogP contribution in [0.4, 0.5) is 5.82 Å². The lowest BCUT2D eigenvalue weighted by atomic mass is 10.1. The van der Waals surface area contributed by atoms with Crippen LogP contribution in [-0.2, 0) is 18.3 Å². The molecule has 0 unspecified atom stereocenters. The lowest BCUT2D eigenvalue weighted by molar-refractivity contribution is -0.116. The zero-order valence-corrected chi connectivity index (χ0v) is 13.7. The van der Waals surface area contributed by atoms with Crippen LogP contribution in [0.3, 0.4) is 0 Å². The van der Waals surface area contributed by atoms with Gasteiger partial charge in [-0.3, -0.25) is 9.48 Å². The van der Waals surface area contributed by atoms with E-state index in [1.807, 2.05) is 32.5 Å². The number of rotatable bonds is 4. The van der Waals surface area contributed by atoms with Crippen molar-refractivity contribution < 1.29 is 4.79 Å². The molecule has 0 saturated heterocycles. The van der Waals surface area contributed by atoms with Crippen LogP contribution in [0.2, 0.25) is 0 Å². The van der Waals surface area contributed by atoms with E-state index in [4.69, 9.17) is 0 Å². The van der Waals surface area contributed by atoms with Crippen molar-refractivity contribution in [3.05, 3.63) is 35.0 Å². The van der Waals surface area contributed by atoms with Gasteiger partial charge in [0.1, 0.15) is 12.1 Å². The smallest absolute Gasteiger partial charge is 0.254 e. The van der Waals surface area contributed by atoms with Crippen LogP contribution in [0.5, 0.6) is 0 Å². The van der Waals surface area contributed by atoms with Crippen molar-refractivity contribution in [1.29, 1.82) is 0 Å². The molecule has 0 aromatic carbocycles. The molecule has 3 aromatic heterocycles. The quantitative estimate of drug-likeness (QED) is 0.785. The third-order valence-corrected chi connectivity index (χ3v) is 3.91. The molecule has 0 atom stereocenters. The second-order valence-electron chi connectivity index (χ2n) is 5.58. The number of carbonyl (C=O) groups is 1. The number of amides is 1. The van der Waals surface area contributed by atoms with Crippen molar-refractivity contribution >= 4 is 17.5 Å². The fraction of sp³-hybridized carbons (Fsp3) is 0.400. The number of hydrogen-bond donors (Lipinski definition) is 1. The van der Waals surface area contributed by atoms with E-state index >= 15 is 0 Å². The Bertz CT molecular complexity index is 877. The summed E-state index contributed by atoms with van der Waals surface area (Å²) in [7, 11) is 1.91. The highest BCUT2D eigenvalue weighted by molar-refractivity contribution is 5.90. The van der Waals surface area contributed by atoms with Gasteiger partial charge in [-0.25, -0.2) is 4.98 Å². The van der Waals surface area contributed by atoms with Gasteiger partial charge in [-0.15, -0.1) is 0 Å². The molecule has 120 valence electrons. The number of aromatic nitrogens is 6. The van der Waals surface area contributed by atoms with Gasteiger partial charge in [-0.1, -0.05) is 0 Å². The van der Waals surface area contributed by atoms with E-state index in [-0.39, 0.29) is 5.91 Å². The Balaban J connectivity index is 1.73. The van der Waals surface area contributed by atoms with E-state index in [1.165, 1.54) is 10.8 Å². The summed E-state index contributed by atoms with van der Waals surface area (Å²) < 4.78 is 3.36. The Labute approximate surface area is 133 Å². The molecule has 1 amide bonds. The van der Waals surface area contributed by atoms with Crippen LogP contribution in [0, 0.1) is 20.8 Å². The van der Waals surface area contributed by atoms with E-state index in [2.05, 4.69) is 25.5 Å². The Morgan fingerprint density at radius 1 is 1.30 bits per heavy atom. The van der Waals surface area contributed by atoms with Crippen molar-refractivity contribution in [2.75, 3.05) is 5.32 Å². The lowest BCUT2D eigenvalue weighted by Gasteiger charge is -2.08. The van der Waals surface area contributed by atoms with E-state index in [1.54, 1.807) is 6.07 Å². The summed E-state index contributed by atoms with van der Waals surface area (Å²) in [6.45, 7) is 5.83. The lowest BCUT2D eigenvalue weighted by Crippen LogP contribution is -2.16. The van der Waals surface area contributed by atoms with Gasteiger partial charge in [-0.05, 0) is 32.8 Å². The summed E-state index contributed by atoms with van der Waals surface area (Å²) in [6.07, 6.45) is 2.45. The molecule has 0 fully saturated rings. The average Bonchev–Trinajstić information content (AvgIpc) is 3.03. The average molecular weight is 313 g/mol. The Hall–Kier alpha value is -2.77. The van der Waals surface area contributed by atoms with Crippen molar-refractivity contribution in [3.63, 3.8) is 0 Å². The van der Waals surface area contributed by atoms with Crippen LogP contribution in [0.15, 0.2) is 12.4 Å². The molecule has 0 bridgehead atoms. The first-order valence-electron chi connectivity index (χ1n) is 7.42. The Kier molecular flexibility index (Phi) is 3.81. The van der Waals surface area contributed by atoms with Crippen LogP contribution < -0.4 is 5.32 Å². The predicted molar refractivity (Wildman–Crippen MR) is 85.2 cm³/mol. The number of fused-ring (bicyclic) bond motifs is 1. The minimum Gasteiger partial charge on any atom is -0.310 e. The van der Waals surface area contributed by atoms with E-state index < -0.39 is 0 Å². The van der Waals surface area contributed by atoms with Gasteiger partial charge < -0.3 is 5.32 Å². The predicted octanol–water partition coefficient (Wildman–Crippen LogP) is 1.35. The minimum atomic E-state index is -0.0740. The SMILES string of the molecule is Cc1cc(NC(=O)CCc2c(C)nn(C)c2C)n2ncnc2n1. The van der Waals surface area contributed by atoms with Gasteiger partial charge in [-0.2, -0.15) is 19.7 Å². The van der Waals surface area contributed by atoms with Crippen molar-refractivity contribution in [2.45, 2.75) is 33.6 Å². The first-order chi connectivity index (χ1) is 11.0. The van der Waals surface area contributed by atoms with Gasteiger partial charge in [0.2, 0.25) is 5.91 Å². The molecular formula is C15H19N7O. The molecule has 0 aliphatic heterocycles. The first kappa shape index (κ1) is 15.1. The van der Waals surface area contributed by atoms with Crippen LogP contribution in [0.1, 0.15) is 29.1 Å². The first-order valence-corrected chi connectivity index (χ1v) is 7.42. The normalized spacial score (nSPS) is 11.1. The number of hydrogen-bond acceptors (Lipinski definition) is 5. The minimum absolute atomic E-state index is 0.0740. The van der Waals surface area contributed by atoms with Gasteiger partial charge in [0.15, 0.2) is 0 Å². The second-order valence-corrected chi connectivity index (χ2v) is 5.58. The highest BCUT2D eigenvalue weighted by Crippen LogP contribution is 2.15. The topological polar surface area (TPSA) is 90.0 Å². The molecule has 0 spiro atoms. The fourth-order valence-electron chi connectivity index (χ4n) is 2.64. The third kappa shape index (κ3) is 2.92. The van der Waals surface area contributed by atoms with E-state index in [0.29, 0.717) is 24.4 Å². The number of aryl methyl sites for hydroxylation is 3. The summed E-state index contributed by atoms with van der Waals surface area (Å²) in [5.74, 6) is 0.976. The zero-order valence-electron chi connectivity index (χ0n) is 13.7. The highest BCUT2D eigenvalue weighted by Gasteiger charge is 2.13. The van der Waals surface area contributed by atoms with Crippen molar-refractivity contribution in [3.8, 4) is 0 Å². The number of nitrogens with zero attached hydrogens (tertiary/aromatic N) is 6. The molecule has 3 heterocycles. The summed E-state index contributed by atoms with van der Waals surface area (Å²) in [5, 5.41) is 11.3. The highest BCUT2D eigenvalue weighted by atomic mass is 16.1. The maximum atomic E-state index is 12.3. The molecule has 8 nitrogen and oxygen atoms in total. The molecule has 0 radical (unpaired) electrons. The molecule has 0 saturated carbocycles. The van der Waals surface area contributed by atoms with Crippen molar-refractivity contribution in [1.82, 2.24) is 29.4 Å². The molecule has 0 aliphatic rings. The molecule has 23 heavy (non-hydrogen) atoms. The molecule has 8 heteroatoms. The Morgan fingerprint density at radius 3 is 2.78 bits per heavy atom. The van der Waals surface area contributed by atoms with E-state index in [0.717, 1.165) is 22.6 Å². The third-order valence-electron chi connectivity index (χ3n) is 3.91. The molecule has 3 aromatic rings. The zero-order chi connectivity index (χ0) is 16.6. The summed E-state index contributed by atoms with van der Waals surface area (Å²) >= 11 is 0. The van der Waals surface area contributed by atoms with Gasteiger partial charge in [0, 0.05) is 30.9 Å². The molecule has 0 aliphatic carbocycles. The monoisotopic (exact) mass is 313 g/mol. The standard InChI is InChI=1S/C15H19N7O/c1-9-7-13(22-15(18-9)16-8-17-22)19-14(23)6-5-12-10(2)20-21(4)11(12)3/h7-8H,5-6H2,1-4H3,(H,19,23). The Morgan fingerprint density at radius 2 is 2.09 bits per heavy atom. The van der Waals surface area contributed by atoms with Gasteiger partial charge >= 0.3 is 0 Å². The number of carbonyl (C=O) groups excluding carboxylic acids is 1. The van der Waals surface area contributed by atoms with Crippen LogP contribution in [0.25, 0.3) is 5.78 Å². The number of nitrogens with one attached hydrogen (secondary N) is 1.